The normalized spacial score (nSPS) is 11.3. The second-order valence-electron chi connectivity index (χ2n) is 10.5. The van der Waals surface area contributed by atoms with Gasteiger partial charge in [0.15, 0.2) is 0 Å². The van der Waals surface area contributed by atoms with Crippen LogP contribution in [0, 0.1) is 0 Å². The molecule has 0 amide bonds. The molecule has 202 valence electrons. The number of aromatic nitrogens is 3. The van der Waals surface area contributed by atoms with E-state index in [1.54, 1.807) is 0 Å². The molecule has 0 fully saturated rings. The minimum Gasteiger partial charge on any atom is -0.456 e. The second kappa shape index (κ2) is 10.5. The summed E-state index contributed by atoms with van der Waals surface area (Å²) in [5.74, 6) is 0. The fourth-order valence-corrected chi connectivity index (χ4v) is 6.06. The van der Waals surface area contributed by atoms with E-state index >= 15 is 0 Å². The Morgan fingerprint density at radius 2 is 0.930 bits per heavy atom. The first-order valence-corrected chi connectivity index (χ1v) is 14.3. The van der Waals surface area contributed by atoms with Crippen LogP contribution in [0.4, 0.5) is 0 Å². The SMILES string of the molecule is c1ccc(-c2cccc(-c3cccc4oc5ccccc5c34)c2-c2nnnc(-c3ccccc3)c2-c2ccccc2)cc1. The summed E-state index contributed by atoms with van der Waals surface area (Å²) >= 11 is 0. The molecular weight excluding hydrogens is 526 g/mol. The lowest BCUT2D eigenvalue weighted by Gasteiger charge is -2.19. The van der Waals surface area contributed by atoms with Crippen LogP contribution in [0.15, 0.2) is 156 Å². The summed E-state index contributed by atoms with van der Waals surface area (Å²) in [4.78, 5) is 0. The van der Waals surface area contributed by atoms with Crippen molar-refractivity contribution in [2.75, 3.05) is 0 Å². The maximum atomic E-state index is 6.31. The molecule has 0 radical (unpaired) electrons. The van der Waals surface area contributed by atoms with Crippen molar-refractivity contribution in [3.8, 4) is 55.9 Å². The molecule has 6 aromatic carbocycles. The van der Waals surface area contributed by atoms with Crippen LogP contribution < -0.4 is 0 Å². The Morgan fingerprint density at radius 1 is 0.372 bits per heavy atom. The molecule has 4 heteroatoms. The van der Waals surface area contributed by atoms with E-state index in [9.17, 15) is 0 Å². The average molecular weight is 552 g/mol. The molecule has 2 aromatic heterocycles. The molecule has 0 bridgehead atoms. The average Bonchev–Trinajstić information content (AvgIpc) is 3.48. The summed E-state index contributed by atoms with van der Waals surface area (Å²) in [6, 6.07) is 52.0. The van der Waals surface area contributed by atoms with E-state index < -0.39 is 0 Å². The van der Waals surface area contributed by atoms with E-state index in [1.807, 2.05) is 48.5 Å². The van der Waals surface area contributed by atoms with Gasteiger partial charge in [0.25, 0.3) is 0 Å². The van der Waals surface area contributed by atoms with Crippen molar-refractivity contribution in [3.05, 3.63) is 152 Å². The number of furan rings is 1. The van der Waals surface area contributed by atoms with Gasteiger partial charge in [-0.2, -0.15) is 0 Å². The summed E-state index contributed by atoms with van der Waals surface area (Å²) in [7, 11) is 0. The standard InChI is InChI=1S/C39H25N3O/c1-4-14-26(15-5-1)29-21-12-22-31(30-23-13-25-34-36(30)32-20-10-11-24-33(32)43-34)37(29)39-35(27-16-6-2-7-17-27)38(40-42-41-39)28-18-8-3-9-19-28/h1-25H. The van der Waals surface area contributed by atoms with E-state index in [1.165, 1.54) is 0 Å². The Labute approximate surface area is 248 Å². The van der Waals surface area contributed by atoms with Crippen LogP contribution in [0.5, 0.6) is 0 Å². The zero-order chi connectivity index (χ0) is 28.6. The smallest absolute Gasteiger partial charge is 0.136 e. The van der Waals surface area contributed by atoms with Crippen molar-refractivity contribution in [3.63, 3.8) is 0 Å². The lowest BCUT2D eigenvalue weighted by molar-refractivity contribution is 0.669. The van der Waals surface area contributed by atoms with Gasteiger partial charge in [0.05, 0.1) is 0 Å². The van der Waals surface area contributed by atoms with Crippen LogP contribution >= 0.6 is 0 Å². The van der Waals surface area contributed by atoms with Gasteiger partial charge < -0.3 is 4.42 Å². The van der Waals surface area contributed by atoms with Crippen LogP contribution in [0.3, 0.4) is 0 Å². The monoisotopic (exact) mass is 551 g/mol. The Hall–Kier alpha value is -5.87. The lowest BCUT2D eigenvalue weighted by Crippen LogP contribution is -2.02. The molecule has 0 aliphatic heterocycles. The van der Waals surface area contributed by atoms with Crippen LogP contribution in [-0.2, 0) is 0 Å². The molecule has 2 heterocycles. The quantitative estimate of drug-likeness (QED) is 0.214. The number of hydrogen-bond acceptors (Lipinski definition) is 4. The summed E-state index contributed by atoms with van der Waals surface area (Å²) in [5.41, 5.74) is 11.5. The van der Waals surface area contributed by atoms with Gasteiger partial charge in [-0.25, -0.2) is 0 Å². The van der Waals surface area contributed by atoms with Gasteiger partial charge in [-0.3, -0.25) is 0 Å². The Bertz CT molecular complexity index is 2220. The zero-order valence-corrected chi connectivity index (χ0v) is 23.2. The molecule has 0 saturated heterocycles. The number of fused-ring (bicyclic) bond motifs is 3. The fourth-order valence-electron chi connectivity index (χ4n) is 6.06. The van der Waals surface area contributed by atoms with Crippen molar-refractivity contribution in [1.29, 1.82) is 0 Å². The van der Waals surface area contributed by atoms with E-state index in [4.69, 9.17) is 9.52 Å². The first-order chi connectivity index (χ1) is 21.4. The van der Waals surface area contributed by atoms with Crippen LogP contribution in [0.1, 0.15) is 0 Å². The molecular formula is C39H25N3O. The highest BCUT2D eigenvalue weighted by Crippen LogP contribution is 2.47. The predicted octanol–water partition coefficient (Wildman–Crippen LogP) is 10.1. The van der Waals surface area contributed by atoms with Crippen molar-refractivity contribution in [2.24, 2.45) is 0 Å². The number of nitrogens with zero attached hydrogens (tertiary/aromatic N) is 3. The minimum atomic E-state index is 0.777. The van der Waals surface area contributed by atoms with Gasteiger partial charge in [-0.1, -0.05) is 140 Å². The summed E-state index contributed by atoms with van der Waals surface area (Å²) in [5, 5.41) is 16.0. The van der Waals surface area contributed by atoms with Gasteiger partial charge in [0.1, 0.15) is 22.6 Å². The Morgan fingerprint density at radius 3 is 1.70 bits per heavy atom. The molecule has 0 aliphatic carbocycles. The summed E-state index contributed by atoms with van der Waals surface area (Å²) < 4.78 is 6.31. The summed E-state index contributed by atoms with van der Waals surface area (Å²) in [6.07, 6.45) is 0. The van der Waals surface area contributed by atoms with Crippen LogP contribution in [-0.4, -0.2) is 15.4 Å². The molecule has 4 nitrogen and oxygen atoms in total. The van der Waals surface area contributed by atoms with Crippen molar-refractivity contribution in [1.82, 2.24) is 15.4 Å². The van der Waals surface area contributed by atoms with Gasteiger partial charge in [0.2, 0.25) is 0 Å². The third kappa shape index (κ3) is 4.28. The maximum absolute atomic E-state index is 6.31. The molecule has 0 N–H and O–H groups in total. The van der Waals surface area contributed by atoms with Crippen molar-refractivity contribution < 1.29 is 4.42 Å². The van der Waals surface area contributed by atoms with E-state index in [0.717, 1.165) is 77.8 Å². The third-order valence-electron chi connectivity index (χ3n) is 7.95. The number of benzene rings is 6. The topological polar surface area (TPSA) is 51.8 Å². The molecule has 43 heavy (non-hydrogen) atoms. The molecule has 8 aromatic rings. The van der Waals surface area contributed by atoms with Crippen LogP contribution in [0.25, 0.3) is 77.8 Å². The zero-order valence-electron chi connectivity index (χ0n) is 23.2. The molecule has 0 aliphatic rings. The first kappa shape index (κ1) is 24.9. The minimum absolute atomic E-state index is 0.777. The van der Waals surface area contributed by atoms with E-state index in [0.29, 0.717) is 0 Å². The second-order valence-corrected chi connectivity index (χ2v) is 10.5. The predicted molar refractivity (Wildman–Crippen MR) is 174 cm³/mol. The largest absolute Gasteiger partial charge is 0.456 e. The molecule has 0 unspecified atom stereocenters. The highest BCUT2D eigenvalue weighted by Gasteiger charge is 2.24. The molecule has 0 saturated carbocycles. The van der Waals surface area contributed by atoms with Crippen molar-refractivity contribution in [2.45, 2.75) is 0 Å². The Balaban J connectivity index is 1.52. The third-order valence-corrected chi connectivity index (χ3v) is 7.95. The van der Waals surface area contributed by atoms with E-state index in [2.05, 4.69) is 113 Å². The number of hydrogen-bond donors (Lipinski definition) is 0. The van der Waals surface area contributed by atoms with Gasteiger partial charge in [-0.15, -0.1) is 10.2 Å². The highest BCUT2D eigenvalue weighted by atomic mass is 16.3. The number of rotatable bonds is 5. The lowest BCUT2D eigenvalue weighted by atomic mass is 9.85. The maximum Gasteiger partial charge on any atom is 0.136 e. The number of para-hydroxylation sites is 1. The summed E-state index contributed by atoms with van der Waals surface area (Å²) in [6.45, 7) is 0. The van der Waals surface area contributed by atoms with E-state index in [-0.39, 0.29) is 0 Å². The highest BCUT2D eigenvalue weighted by molar-refractivity contribution is 6.15. The Kier molecular flexibility index (Phi) is 6.08. The first-order valence-electron chi connectivity index (χ1n) is 14.3. The molecule has 0 spiro atoms. The van der Waals surface area contributed by atoms with Gasteiger partial charge in [-0.05, 0) is 45.2 Å². The molecule has 0 atom stereocenters. The van der Waals surface area contributed by atoms with Crippen LogP contribution in [0.2, 0.25) is 0 Å². The van der Waals surface area contributed by atoms with Gasteiger partial charge >= 0.3 is 0 Å². The molecule has 8 rings (SSSR count). The van der Waals surface area contributed by atoms with Gasteiger partial charge in [0, 0.05) is 27.5 Å². The fraction of sp³-hybridized carbons (Fsp3) is 0. The van der Waals surface area contributed by atoms with Crippen molar-refractivity contribution >= 4 is 21.9 Å².